The van der Waals surface area contributed by atoms with E-state index in [-0.39, 0.29) is 6.61 Å². The summed E-state index contributed by atoms with van der Waals surface area (Å²) in [6.07, 6.45) is 5.65. The zero-order valence-corrected chi connectivity index (χ0v) is 7.34. The van der Waals surface area contributed by atoms with Gasteiger partial charge in [0, 0.05) is 5.88 Å². The molecule has 12 heavy (non-hydrogen) atoms. The van der Waals surface area contributed by atoms with Crippen molar-refractivity contribution in [3.8, 4) is 0 Å². The molecule has 0 amide bonds. The summed E-state index contributed by atoms with van der Waals surface area (Å²) < 4.78 is 21.0. The van der Waals surface area contributed by atoms with E-state index in [2.05, 4.69) is 0 Å². The third-order valence-corrected chi connectivity index (χ3v) is 0.984. The van der Waals surface area contributed by atoms with Crippen LogP contribution in [-0.4, -0.2) is 19.2 Å². The van der Waals surface area contributed by atoms with E-state index >= 15 is 0 Å². The van der Waals surface area contributed by atoms with Gasteiger partial charge in [0.15, 0.2) is 6.61 Å². The molecule has 0 aromatic carbocycles. The normalized spacial score (nSPS) is 11.2. The molecule has 0 N–H and O–H groups in total. The minimum atomic E-state index is -0.521. The fourth-order valence-electron chi connectivity index (χ4n) is 0.386. The van der Waals surface area contributed by atoms with E-state index in [0.29, 0.717) is 5.88 Å². The summed E-state index contributed by atoms with van der Waals surface area (Å²) >= 11 is 5.32. The number of ether oxygens (including phenoxy) is 2. The lowest BCUT2D eigenvalue weighted by Gasteiger charge is -1.98. The monoisotopic (exact) mass is 193 g/mol. The molecule has 69 valence electrons. The van der Waals surface area contributed by atoms with E-state index in [1.807, 2.05) is 0 Å². The summed E-state index contributed by atoms with van der Waals surface area (Å²) in [5.41, 5.74) is 0. The van der Waals surface area contributed by atoms with Gasteiger partial charge in [-0.15, -0.1) is 11.6 Å². The maximum atomic E-state index is 11.4. The molecule has 0 aliphatic heterocycles. The molecule has 0 aliphatic rings. The molecule has 0 aromatic heterocycles. The first kappa shape index (κ1) is 11.3. The summed E-state index contributed by atoms with van der Waals surface area (Å²) in [7, 11) is 0. The lowest BCUT2D eigenvalue weighted by molar-refractivity contribution is 0.200. The first-order chi connectivity index (χ1) is 5.91. The van der Waals surface area contributed by atoms with Crippen molar-refractivity contribution in [3.05, 3.63) is 31.3 Å². The lowest BCUT2D eigenvalue weighted by Crippen LogP contribution is -1.89. The van der Waals surface area contributed by atoms with Crippen molar-refractivity contribution in [1.29, 1.82) is 0 Å². The highest BCUT2D eigenvalue weighted by Gasteiger charge is 1.82. The maximum absolute atomic E-state index is 11.4. The Hall–Kier alpha value is -0.700. The second-order valence-electron chi connectivity index (χ2n) is 1.69. The van der Waals surface area contributed by atoms with Crippen LogP contribution in [0.1, 0.15) is 0 Å². The van der Waals surface area contributed by atoms with Gasteiger partial charge in [-0.3, -0.25) is 0 Å². The van der Waals surface area contributed by atoms with Crippen molar-refractivity contribution in [2.75, 3.05) is 19.2 Å². The molecule has 0 atom stereocenters. The fourth-order valence-corrected chi connectivity index (χ4v) is 0.459. The molecule has 0 saturated carbocycles. The molecule has 0 spiro atoms. The minimum Gasteiger partial charge on any atom is -0.497 e. The van der Waals surface area contributed by atoms with Gasteiger partial charge in [0.1, 0.15) is 13.3 Å². The summed E-state index contributed by atoms with van der Waals surface area (Å²) in [6.45, 7) is 1.20. The van der Waals surface area contributed by atoms with Gasteiger partial charge in [-0.1, -0.05) is 0 Å². The van der Waals surface area contributed by atoms with Gasteiger partial charge < -0.3 is 9.47 Å². The summed E-state index contributed by atoms with van der Waals surface area (Å²) in [4.78, 5) is 0. The van der Waals surface area contributed by atoms with Crippen LogP contribution < -0.4 is 0 Å². The predicted molar refractivity (Wildman–Crippen MR) is 46.3 cm³/mol. The SMILES string of the molecule is FCC=COC[CH]OC=CCCl. The van der Waals surface area contributed by atoms with Gasteiger partial charge in [-0.25, -0.2) is 4.39 Å². The van der Waals surface area contributed by atoms with Gasteiger partial charge in [0.25, 0.3) is 0 Å². The van der Waals surface area contributed by atoms with Crippen LogP contribution in [0.4, 0.5) is 4.39 Å². The molecule has 1 radical (unpaired) electrons. The zero-order chi connectivity index (χ0) is 9.07. The van der Waals surface area contributed by atoms with Crippen molar-refractivity contribution >= 4 is 11.6 Å². The standard InChI is InChI=1S/C8H11ClFO2/c9-3-1-5-11-7-8-12-6-2-4-10/h1-2,5-7H,3-4,8H2. The largest absolute Gasteiger partial charge is 0.497 e. The van der Waals surface area contributed by atoms with Crippen LogP contribution in [0.2, 0.25) is 0 Å². The highest BCUT2D eigenvalue weighted by atomic mass is 35.5. The van der Waals surface area contributed by atoms with E-state index in [4.69, 9.17) is 21.1 Å². The lowest BCUT2D eigenvalue weighted by atomic mass is 10.7. The topological polar surface area (TPSA) is 18.5 Å². The first-order valence-corrected chi connectivity index (χ1v) is 3.96. The predicted octanol–water partition coefficient (Wildman–Crippen LogP) is 2.42. The molecular weight excluding hydrogens is 183 g/mol. The Bertz CT molecular complexity index is 121. The minimum absolute atomic E-state index is 0.281. The molecule has 0 unspecified atom stereocenters. The molecule has 0 aliphatic carbocycles. The molecule has 0 heterocycles. The maximum Gasteiger partial charge on any atom is 0.171 e. The number of hydrogen-bond donors (Lipinski definition) is 0. The highest BCUT2D eigenvalue weighted by Crippen LogP contribution is 1.88. The third-order valence-electron chi connectivity index (χ3n) is 0.806. The van der Waals surface area contributed by atoms with Crippen LogP contribution in [0.3, 0.4) is 0 Å². The average molecular weight is 194 g/mol. The quantitative estimate of drug-likeness (QED) is 0.351. The number of rotatable bonds is 7. The van der Waals surface area contributed by atoms with Crippen molar-refractivity contribution in [1.82, 2.24) is 0 Å². The Labute approximate surface area is 76.6 Å². The zero-order valence-electron chi connectivity index (χ0n) is 6.58. The van der Waals surface area contributed by atoms with Crippen molar-refractivity contribution < 1.29 is 13.9 Å². The van der Waals surface area contributed by atoms with Crippen molar-refractivity contribution in [2.45, 2.75) is 0 Å². The Kier molecular flexibility index (Phi) is 9.70. The second kappa shape index (κ2) is 10.3. The van der Waals surface area contributed by atoms with Gasteiger partial charge >= 0.3 is 0 Å². The summed E-state index contributed by atoms with van der Waals surface area (Å²) in [6, 6.07) is 0. The van der Waals surface area contributed by atoms with Gasteiger partial charge in [0.2, 0.25) is 0 Å². The van der Waals surface area contributed by atoms with Gasteiger partial charge in [-0.05, 0) is 12.2 Å². The Morgan fingerprint density at radius 2 is 2.08 bits per heavy atom. The van der Waals surface area contributed by atoms with E-state index in [9.17, 15) is 4.39 Å². The second-order valence-corrected chi connectivity index (χ2v) is 2.00. The van der Waals surface area contributed by atoms with Crippen molar-refractivity contribution in [3.63, 3.8) is 0 Å². The molecule has 4 heteroatoms. The van der Waals surface area contributed by atoms with Crippen LogP contribution in [0.25, 0.3) is 0 Å². The van der Waals surface area contributed by atoms with E-state index in [0.717, 1.165) is 0 Å². The third kappa shape index (κ3) is 9.30. The first-order valence-electron chi connectivity index (χ1n) is 3.42. The summed E-state index contributed by atoms with van der Waals surface area (Å²) in [5.74, 6) is 0.413. The van der Waals surface area contributed by atoms with E-state index in [1.54, 1.807) is 6.08 Å². The smallest absolute Gasteiger partial charge is 0.171 e. The van der Waals surface area contributed by atoms with Crippen LogP contribution in [0, 0.1) is 6.61 Å². The number of hydrogen-bond acceptors (Lipinski definition) is 2. The molecule has 2 nitrogen and oxygen atoms in total. The van der Waals surface area contributed by atoms with E-state index in [1.165, 1.54) is 25.2 Å². The number of halogens is 2. The summed E-state index contributed by atoms with van der Waals surface area (Å²) in [5, 5.41) is 0. The number of allylic oxidation sites excluding steroid dienone is 2. The fraction of sp³-hybridized carbons (Fsp3) is 0.375. The van der Waals surface area contributed by atoms with Crippen LogP contribution in [0.5, 0.6) is 0 Å². The van der Waals surface area contributed by atoms with Crippen LogP contribution in [-0.2, 0) is 9.47 Å². The van der Waals surface area contributed by atoms with Crippen LogP contribution in [0.15, 0.2) is 24.7 Å². The molecule has 0 saturated heterocycles. The Morgan fingerprint density at radius 3 is 2.75 bits per heavy atom. The highest BCUT2D eigenvalue weighted by molar-refractivity contribution is 6.18. The van der Waals surface area contributed by atoms with Gasteiger partial charge in [-0.2, -0.15) is 0 Å². The Balaban J connectivity index is 3.00. The molecular formula is C8H11ClFO2. The Morgan fingerprint density at radius 1 is 1.25 bits per heavy atom. The van der Waals surface area contributed by atoms with Crippen LogP contribution >= 0.6 is 11.6 Å². The average Bonchev–Trinajstić information content (AvgIpc) is 2.10. The molecule has 0 aromatic rings. The van der Waals surface area contributed by atoms with E-state index < -0.39 is 6.67 Å². The van der Waals surface area contributed by atoms with Gasteiger partial charge in [0.05, 0.1) is 12.5 Å². The molecule has 0 rings (SSSR count). The number of alkyl halides is 2. The van der Waals surface area contributed by atoms with Crippen molar-refractivity contribution in [2.24, 2.45) is 0 Å². The molecule has 0 bridgehead atoms. The molecule has 0 fully saturated rings.